The first-order valence-electron chi connectivity index (χ1n) is 10.9. The maximum atomic E-state index is 12.5. The second-order valence-corrected chi connectivity index (χ2v) is 8.60. The zero-order chi connectivity index (χ0) is 23.9. The molecule has 1 heterocycles. The molecule has 8 heteroatoms. The number of hydrogen-bond donors (Lipinski definition) is 2. The van der Waals surface area contributed by atoms with Gasteiger partial charge in [0.05, 0.1) is 5.75 Å². The van der Waals surface area contributed by atoms with Crippen LogP contribution < -0.4 is 10.6 Å². The highest BCUT2D eigenvalue weighted by molar-refractivity contribution is 7.99. The van der Waals surface area contributed by atoms with Gasteiger partial charge < -0.3 is 15.2 Å². The van der Waals surface area contributed by atoms with E-state index in [0.29, 0.717) is 22.2 Å². The number of carbonyl (C=O) groups is 2. The molecule has 1 aromatic heterocycles. The molecule has 4 aromatic rings. The summed E-state index contributed by atoms with van der Waals surface area (Å²) in [5.41, 5.74) is 4.06. The van der Waals surface area contributed by atoms with E-state index in [-0.39, 0.29) is 17.6 Å². The van der Waals surface area contributed by atoms with Crippen molar-refractivity contribution in [3.8, 4) is 11.4 Å². The van der Waals surface area contributed by atoms with Crippen LogP contribution in [0.5, 0.6) is 0 Å². The summed E-state index contributed by atoms with van der Waals surface area (Å²) in [4.78, 5) is 24.8. The van der Waals surface area contributed by atoms with E-state index in [0.717, 1.165) is 17.7 Å². The highest BCUT2D eigenvalue weighted by Gasteiger charge is 2.14. The molecule has 0 fully saturated rings. The lowest BCUT2D eigenvalue weighted by molar-refractivity contribution is -0.113. The minimum atomic E-state index is -0.178. The van der Waals surface area contributed by atoms with Crippen molar-refractivity contribution in [2.24, 2.45) is 7.05 Å². The summed E-state index contributed by atoms with van der Waals surface area (Å²) in [5, 5.41) is 15.0. The zero-order valence-corrected chi connectivity index (χ0v) is 19.8. The first-order chi connectivity index (χ1) is 16.5. The summed E-state index contributed by atoms with van der Waals surface area (Å²) < 4.78 is 1.84. The minimum absolute atomic E-state index is 0.107. The van der Waals surface area contributed by atoms with Crippen molar-refractivity contribution in [2.45, 2.75) is 18.5 Å². The standard InChI is InChI=1S/C26H25N5O2S/c1-3-18-12-14-21(15-13-18)27-23(32)17-34-26-30-29-24(31(26)2)20-10-7-11-22(16-20)28-25(33)19-8-5-4-6-9-19/h4-16H,3,17H2,1-2H3,(H,27,32)(H,28,33). The molecule has 0 aliphatic carbocycles. The zero-order valence-electron chi connectivity index (χ0n) is 19.0. The Bertz CT molecular complexity index is 1290. The molecule has 34 heavy (non-hydrogen) atoms. The molecule has 2 N–H and O–H groups in total. The SMILES string of the molecule is CCc1ccc(NC(=O)CSc2nnc(-c3cccc(NC(=O)c4ccccc4)c3)n2C)cc1. The fourth-order valence-corrected chi connectivity index (χ4v) is 4.08. The van der Waals surface area contributed by atoms with Crippen LogP contribution in [0.25, 0.3) is 11.4 Å². The van der Waals surface area contributed by atoms with E-state index in [4.69, 9.17) is 0 Å². The Morgan fingerprint density at radius 3 is 2.38 bits per heavy atom. The van der Waals surface area contributed by atoms with E-state index in [1.54, 1.807) is 12.1 Å². The molecule has 0 bridgehead atoms. The molecule has 3 aromatic carbocycles. The molecule has 0 saturated carbocycles. The molecular formula is C26H25N5O2S. The van der Waals surface area contributed by atoms with Crippen LogP contribution in [0.1, 0.15) is 22.8 Å². The number of amides is 2. The lowest BCUT2D eigenvalue weighted by Gasteiger charge is -2.08. The average molecular weight is 472 g/mol. The number of carbonyl (C=O) groups excluding carboxylic acids is 2. The lowest BCUT2D eigenvalue weighted by atomic mass is 10.1. The predicted molar refractivity (Wildman–Crippen MR) is 136 cm³/mol. The Morgan fingerprint density at radius 2 is 1.65 bits per heavy atom. The van der Waals surface area contributed by atoms with Crippen molar-refractivity contribution in [2.75, 3.05) is 16.4 Å². The number of benzene rings is 3. The van der Waals surface area contributed by atoms with Gasteiger partial charge in [0.15, 0.2) is 11.0 Å². The second-order valence-electron chi connectivity index (χ2n) is 7.65. The van der Waals surface area contributed by atoms with Crippen LogP contribution in [0.2, 0.25) is 0 Å². The van der Waals surface area contributed by atoms with Gasteiger partial charge in [0, 0.05) is 29.5 Å². The molecule has 0 unspecified atom stereocenters. The van der Waals surface area contributed by atoms with E-state index >= 15 is 0 Å². The van der Waals surface area contributed by atoms with Gasteiger partial charge in [-0.1, -0.05) is 61.2 Å². The Balaban J connectivity index is 1.39. The monoisotopic (exact) mass is 471 g/mol. The molecule has 0 atom stereocenters. The molecule has 172 valence electrons. The van der Waals surface area contributed by atoms with E-state index in [1.807, 2.05) is 78.3 Å². The van der Waals surface area contributed by atoms with Gasteiger partial charge >= 0.3 is 0 Å². The van der Waals surface area contributed by atoms with Crippen LogP contribution in [0.3, 0.4) is 0 Å². The highest BCUT2D eigenvalue weighted by atomic mass is 32.2. The van der Waals surface area contributed by atoms with Crippen molar-refractivity contribution >= 4 is 35.0 Å². The Labute approximate surface area is 202 Å². The number of rotatable bonds is 8. The minimum Gasteiger partial charge on any atom is -0.325 e. The van der Waals surface area contributed by atoms with Crippen LogP contribution in [0.15, 0.2) is 84.0 Å². The number of hydrogen-bond acceptors (Lipinski definition) is 5. The summed E-state index contributed by atoms with van der Waals surface area (Å²) in [6.45, 7) is 2.09. The fraction of sp³-hybridized carbons (Fsp3) is 0.154. The van der Waals surface area contributed by atoms with Crippen molar-refractivity contribution in [1.82, 2.24) is 14.8 Å². The van der Waals surface area contributed by atoms with Gasteiger partial charge in [-0.25, -0.2) is 0 Å². The van der Waals surface area contributed by atoms with Gasteiger partial charge in [0.2, 0.25) is 5.91 Å². The normalized spacial score (nSPS) is 10.6. The smallest absolute Gasteiger partial charge is 0.255 e. The summed E-state index contributed by atoms with van der Waals surface area (Å²) in [6.07, 6.45) is 0.959. The molecule has 0 spiro atoms. The number of nitrogens with one attached hydrogen (secondary N) is 2. The van der Waals surface area contributed by atoms with Gasteiger partial charge in [-0.05, 0) is 48.4 Å². The molecule has 0 saturated heterocycles. The molecule has 4 rings (SSSR count). The molecule has 2 amide bonds. The second kappa shape index (κ2) is 10.8. The van der Waals surface area contributed by atoms with Gasteiger partial charge in [-0.3, -0.25) is 9.59 Å². The van der Waals surface area contributed by atoms with Crippen LogP contribution in [-0.2, 0) is 18.3 Å². The molecular weight excluding hydrogens is 446 g/mol. The van der Waals surface area contributed by atoms with Crippen LogP contribution in [0, 0.1) is 0 Å². The number of thioether (sulfide) groups is 1. The average Bonchev–Trinajstić information content (AvgIpc) is 3.24. The topological polar surface area (TPSA) is 88.9 Å². The summed E-state index contributed by atoms with van der Waals surface area (Å²) in [7, 11) is 1.86. The Hall–Kier alpha value is -3.91. The van der Waals surface area contributed by atoms with E-state index in [2.05, 4.69) is 27.8 Å². The molecule has 7 nitrogen and oxygen atoms in total. The maximum Gasteiger partial charge on any atom is 0.255 e. The quantitative estimate of drug-likeness (QED) is 0.352. The van der Waals surface area contributed by atoms with E-state index in [1.165, 1.54) is 17.3 Å². The first kappa shape index (κ1) is 23.3. The Kier molecular flexibility index (Phi) is 7.39. The van der Waals surface area contributed by atoms with Gasteiger partial charge in [-0.2, -0.15) is 0 Å². The number of nitrogens with zero attached hydrogens (tertiary/aromatic N) is 3. The number of anilines is 2. The highest BCUT2D eigenvalue weighted by Crippen LogP contribution is 2.25. The van der Waals surface area contributed by atoms with Gasteiger partial charge in [0.25, 0.3) is 5.91 Å². The van der Waals surface area contributed by atoms with Crippen molar-refractivity contribution in [3.63, 3.8) is 0 Å². The van der Waals surface area contributed by atoms with Gasteiger partial charge in [-0.15, -0.1) is 10.2 Å². The summed E-state index contributed by atoms with van der Waals surface area (Å²) >= 11 is 1.32. The fourth-order valence-electron chi connectivity index (χ4n) is 3.37. The summed E-state index contributed by atoms with van der Waals surface area (Å²) in [5.74, 6) is 0.579. The molecule has 0 aliphatic heterocycles. The third-order valence-corrected chi connectivity index (χ3v) is 6.25. The van der Waals surface area contributed by atoms with E-state index < -0.39 is 0 Å². The van der Waals surface area contributed by atoms with Crippen LogP contribution in [0.4, 0.5) is 11.4 Å². The summed E-state index contributed by atoms with van der Waals surface area (Å²) in [6, 6.07) is 24.3. The van der Waals surface area contributed by atoms with Crippen molar-refractivity contribution in [1.29, 1.82) is 0 Å². The number of aromatic nitrogens is 3. The van der Waals surface area contributed by atoms with Crippen molar-refractivity contribution in [3.05, 3.63) is 90.0 Å². The van der Waals surface area contributed by atoms with Crippen LogP contribution in [-0.4, -0.2) is 32.3 Å². The first-order valence-corrected chi connectivity index (χ1v) is 11.9. The van der Waals surface area contributed by atoms with Crippen LogP contribution >= 0.6 is 11.8 Å². The lowest BCUT2D eigenvalue weighted by Crippen LogP contribution is -2.14. The third kappa shape index (κ3) is 5.71. The van der Waals surface area contributed by atoms with E-state index in [9.17, 15) is 9.59 Å². The largest absolute Gasteiger partial charge is 0.325 e. The molecule has 0 aliphatic rings. The molecule has 0 radical (unpaired) electrons. The maximum absolute atomic E-state index is 12.5. The number of aryl methyl sites for hydroxylation is 1. The van der Waals surface area contributed by atoms with Crippen molar-refractivity contribution < 1.29 is 9.59 Å². The Morgan fingerprint density at radius 1 is 0.882 bits per heavy atom. The predicted octanol–water partition coefficient (Wildman–Crippen LogP) is 5.03. The van der Waals surface area contributed by atoms with Gasteiger partial charge in [0.1, 0.15) is 0 Å². The third-order valence-electron chi connectivity index (χ3n) is 5.23.